The van der Waals surface area contributed by atoms with Crippen LogP contribution in [0.1, 0.15) is 17.4 Å². The van der Waals surface area contributed by atoms with Crippen LogP contribution in [0.15, 0.2) is 24.3 Å². The highest BCUT2D eigenvalue weighted by Crippen LogP contribution is 2.24. The molecular weight excluding hydrogens is 303 g/mol. The van der Waals surface area contributed by atoms with Gasteiger partial charge >= 0.3 is 12.1 Å². The summed E-state index contributed by atoms with van der Waals surface area (Å²) >= 11 is 0. The van der Waals surface area contributed by atoms with E-state index in [2.05, 4.69) is 20.1 Å². The Morgan fingerprint density at radius 1 is 1.23 bits per heavy atom. The number of hydrogen-bond donors (Lipinski definition) is 1. The average molecular weight is 315 g/mol. The number of alkyl halides is 3. The lowest BCUT2D eigenvalue weighted by molar-refractivity contribution is -0.153. The normalized spacial score (nSPS) is 11.3. The monoisotopic (exact) mass is 315 g/mol. The molecule has 1 N–H and O–H groups in total. The molecule has 0 saturated carbocycles. The van der Waals surface area contributed by atoms with Gasteiger partial charge in [-0.3, -0.25) is 0 Å². The van der Waals surface area contributed by atoms with Gasteiger partial charge in [-0.1, -0.05) is 0 Å². The van der Waals surface area contributed by atoms with E-state index in [4.69, 9.17) is 4.74 Å². The zero-order chi connectivity index (χ0) is 16.2. The number of nitrogens with one attached hydrogen (secondary N) is 1. The van der Waals surface area contributed by atoms with Gasteiger partial charge in [-0.05, 0) is 31.2 Å². The molecule has 0 aliphatic rings. The standard InChI is InChI=1S/C13H12F3N3O3/c1-2-21-12(20)11-10(17-19-18-11)8-3-5-9(6-4-8)22-7-13(14,15)16/h3-6H,2,7H2,1H3,(H,17,18,19). The second-order valence-electron chi connectivity index (χ2n) is 4.17. The second-order valence-corrected chi connectivity index (χ2v) is 4.17. The number of aromatic nitrogens is 3. The summed E-state index contributed by atoms with van der Waals surface area (Å²) in [5.41, 5.74) is 0.753. The van der Waals surface area contributed by atoms with Gasteiger partial charge in [-0.15, -0.1) is 5.10 Å². The number of carbonyl (C=O) groups is 1. The summed E-state index contributed by atoms with van der Waals surface area (Å²) < 4.78 is 45.6. The number of halogens is 3. The number of ether oxygens (including phenoxy) is 2. The maximum atomic E-state index is 12.1. The van der Waals surface area contributed by atoms with Crippen LogP contribution in [0, 0.1) is 0 Å². The average Bonchev–Trinajstić information content (AvgIpc) is 2.94. The molecule has 0 aliphatic heterocycles. The highest BCUT2D eigenvalue weighted by Gasteiger charge is 2.28. The molecule has 1 heterocycles. The number of H-pyrrole nitrogens is 1. The van der Waals surface area contributed by atoms with Crippen LogP contribution in [-0.2, 0) is 4.74 Å². The van der Waals surface area contributed by atoms with Gasteiger partial charge in [0, 0.05) is 5.56 Å². The molecule has 1 aromatic carbocycles. The molecule has 0 atom stereocenters. The van der Waals surface area contributed by atoms with Gasteiger partial charge in [-0.25, -0.2) is 4.79 Å². The fourth-order valence-electron chi connectivity index (χ4n) is 1.65. The highest BCUT2D eigenvalue weighted by atomic mass is 19.4. The van der Waals surface area contributed by atoms with Crippen LogP contribution in [0.3, 0.4) is 0 Å². The van der Waals surface area contributed by atoms with Crippen molar-refractivity contribution in [3.05, 3.63) is 30.0 Å². The number of aromatic amines is 1. The number of nitrogens with zero attached hydrogens (tertiary/aromatic N) is 2. The van der Waals surface area contributed by atoms with E-state index in [1.165, 1.54) is 24.3 Å². The third-order valence-corrected chi connectivity index (χ3v) is 2.55. The Bertz CT molecular complexity index is 638. The molecule has 9 heteroatoms. The van der Waals surface area contributed by atoms with E-state index in [1.807, 2.05) is 0 Å². The summed E-state index contributed by atoms with van der Waals surface area (Å²) in [6.07, 6.45) is -4.40. The molecule has 1 aromatic heterocycles. The lowest BCUT2D eigenvalue weighted by atomic mass is 10.1. The Labute approximate surface area is 123 Å². The molecule has 2 aromatic rings. The van der Waals surface area contributed by atoms with E-state index in [9.17, 15) is 18.0 Å². The van der Waals surface area contributed by atoms with Gasteiger partial charge in [0.2, 0.25) is 0 Å². The van der Waals surface area contributed by atoms with Gasteiger partial charge in [-0.2, -0.15) is 23.5 Å². The minimum absolute atomic E-state index is 0.00538. The Hall–Kier alpha value is -2.58. The largest absolute Gasteiger partial charge is 0.484 e. The first-order chi connectivity index (χ1) is 10.4. The zero-order valence-corrected chi connectivity index (χ0v) is 11.5. The van der Waals surface area contributed by atoms with Crippen molar-refractivity contribution in [1.29, 1.82) is 0 Å². The van der Waals surface area contributed by atoms with E-state index in [-0.39, 0.29) is 23.7 Å². The van der Waals surface area contributed by atoms with E-state index in [1.54, 1.807) is 6.92 Å². The molecule has 0 unspecified atom stereocenters. The van der Waals surface area contributed by atoms with Crippen LogP contribution >= 0.6 is 0 Å². The topological polar surface area (TPSA) is 77.1 Å². The first-order valence-corrected chi connectivity index (χ1v) is 6.28. The molecule has 0 saturated heterocycles. The predicted octanol–water partition coefficient (Wildman–Crippen LogP) is 2.59. The lowest BCUT2D eigenvalue weighted by Gasteiger charge is -2.09. The van der Waals surface area contributed by atoms with Crippen molar-refractivity contribution < 1.29 is 27.4 Å². The SMILES string of the molecule is CCOC(=O)c1n[nH]nc1-c1ccc(OCC(F)(F)F)cc1. The Kier molecular flexibility index (Phi) is 4.64. The molecule has 0 fully saturated rings. The number of carbonyl (C=O) groups excluding carboxylic acids is 1. The van der Waals surface area contributed by atoms with Crippen LogP contribution < -0.4 is 4.74 Å². The Morgan fingerprint density at radius 3 is 2.50 bits per heavy atom. The van der Waals surface area contributed by atoms with Crippen molar-refractivity contribution in [2.45, 2.75) is 13.1 Å². The van der Waals surface area contributed by atoms with Crippen LogP contribution in [0.25, 0.3) is 11.3 Å². The molecule has 2 rings (SSSR count). The summed E-state index contributed by atoms with van der Waals surface area (Å²) in [7, 11) is 0. The smallest absolute Gasteiger partial charge is 0.422 e. The fraction of sp³-hybridized carbons (Fsp3) is 0.308. The number of rotatable bonds is 5. The molecule has 22 heavy (non-hydrogen) atoms. The van der Waals surface area contributed by atoms with E-state index >= 15 is 0 Å². The summed E-state index contributed by atoms with van der Waals surface area (Å²) in [6.45, 7) is 0.476. The molecule has 0 spiro atoms. The van der Waals surface area contributed by atoms with Gasteiger partial charge in [0.05, 0.1) is 6.61 Å². The highest BCUT2D eigenvalue weighted by molar-refractivity contribution is 5.93. The third-order valence-electron chi connectivity index (χ3n) is 2.55. The van der Waals surface area contributed by atoms with Crippen molar-refractivity contribution in [2.75, 3.05) is 13.2 Å². The summed E-state index contributed by atoms with van der Waals surface area (Å²) in [6, 6.07) is 5.66. The first kappa shape index (κ1) is 15.8. The Balaban J connectivity index is 2.14. The fourth-order valence-corrected chi connectivity index (χ4v) is 1.65. The number of esters is 1. The molecule has 6 nitrogen and oxygen atoms in total. The van der Waals surface area contributed by atoms with Crippen LogP contribution in [0.5, 0.6) is 5.75 Å². The minimum Gasteiger partial charge on any atom is -0.484 e. The van der Waals surface area contributed by atoms with E-state index in [0.717, 1.165) is 0 Å². The van der Waals surface area contributed by atoms with Crippen molar-refractivity contribution in [3.8, 4) is 17.0 Å². The van der Waals surface area contributed by atoms with Gasteiger partial charge in [0.1, 0.15) is 11.4 Å². The summed E-state index contributed by atoms with van der Waals surface area (Å²) in [4.78, 5) is 11.7. The van der Waals surface area contributed by atoms with Crippen molar-refractivity contribution in [3.63, 3.8) is 0 Å². The van der Waals surface area contributed by atoms with Crippen LogP contribution in [-0.4, -0.2) is 40.8 Å². The molecule has 0 radical (unpaired) electrons. The Morgan fingerprint density at radius 2 is 1.91 bits per heavy atom. The quantitative estimate of drug-likeness (QED) is 0.858. The maximum Gasteiger partial charge on any atom is 0.422 e. The van der Waals surface area contributed by atoms with Gasteiger partial charge in [0.15, 0.2) is 12.3 Å². The van der Waals surface area contributed by atoms with Crippen LogP contribution in [0.2, 0.25) is 0 Å². The molecule has 0 amide bonds. The third kappa shape index (κ3) is 3.96. The second kappa shape index (κ2) is 6.46. The minimum atomic E-state index is -4.40. The summed E-state index contributed by atoms with van der Waals surface area (Å²) in [5, 5.41) is 9.87. The van der Waals surface area contributed by atoms with Crippen molar-refractivity contribution in [2.24, 2.45) is 0 Å². The first-order valence-electron chi connectivity index (χ1n) is 6.28. The van der Waals surface area contributed by atoms with Gasteiger partial charge < -0.3 is 9.47 Å². The molecular formula is C13H12F3N3O3. The van der Waals surface area contributed by atoms with Crippen LogP contribution in [0.4, 0.5) is 13.2 Å². The van der Waals surface area contributed by atoms with Crippen molar-refractivity contribution in [1.82, 2.24) is 15.4 Å². The maximum absolute atomic E-state index is 12.1. The predicted molar refractivity (Wildman–Crippen MR) is 69.3 cm³/mol. The molecule has 118 valence electrons. The molecule has 0 bridgehead atoms. The summed E-state index contributed by atoms with van der Waals surface area (Å²) in [5.74, 6) is -0.578. The number of benzene rings is 1. The van der Waals surface area contributed by atoms with Crippen molar-refractivity contribution >= 4 is 5.97 Å². The number of hydrogen-bond acceptors (Lipinski definition) is 5. The van der Waals surface area contributed by atoms with E-state index in [0.29, 0.717) is 5.56 Å². The van der Waals surface area contributed by atoms with E-state index < -0.39 is 18.8 Å². The zero-order valence-electron chi connectivity index (χ0n) is 11.5. The molecule has 0 aliphatic carbocycles. The lowest BCUT2D eigenvalue weighted by Crippen LogP contribution is -2.19. The van der Waals surface area contributed by atoms with Gasteiger partial charge in [0.25, 0.3) is 0 Å².